The summed E-state index contributed by atoms with van der Waals surface area (Å²) in [6.45, 7) is 2.18. The van der Waals surface area contributed by atoms with Crippen LogP contribution in [0.4, 0.5) is 4.79 Å². The van der Waals surface area contributed by atoms with Crippen LogP contribution in [0.1, 0.15) is 45.1 Å². The lowest BCUT2D eigenvalue weighted by molar-refractivity contribution is -0.137. The molecule has 4 rings (SSSR count). The fourth-order valence-corrected chi connectivity index (χ4v) is 4.95. The number of carbonyl (C=O) groups is 3. The zero-order chi connectivity index (χ0) is 24.1. The Morgan fingerprint density at radius 1 is 1.09 bits per heavy atom. The summed E-state index contributed by atoms with van der Waals surface area (Å²) < 4.78 is 5.52. The van der Waals surface area contributed by atoms with E-state index in [0.29, 0.717) is 22.9 Å². The van der Waals surface area contributed by atoms with E-state index in [1.54, 1.807) is 0 Å². The molecule has 34 heavy (non-hydrogen) atoms. The second-order valence-corrected chi connectivity index (χ2v) is 9.03. The normalized spacial score (nSPS) is 12.0. The van der Waals surface area contributed by atoms with E-state index in [4.69, 9.17) is 9.84 Å². The van der Waals surface area contributed by atoms with Gasteiger partial charge in [-0.25, -0.2) is 9.78 Å². The molecule has 0 radical (unpaired) electrons. The monoisotopic (exact) mass is 479 g/mol. The molecule has 0 saturated carbocycles. The maximum atomic E-state index is 12.6. The molecule has 0 fully saturated rings. The number of thiazole rings is 1. The lowest BCUT2D eigenvalue weighted by atomic mass is 9.98. The van der Waals surface area contributed by atoms with Crippen LogP contribution in [0.3, 0.4) is 0 Å². The highest BCUT2D eigenvalue weighted by Gasteiger charge is 2.29. The molecule has 0 aliphatic heterocycles. The summed E-state index contributed by atoms with van der Waals surface area (Å²) in [4.78, 5) is 41.8. The lowest BCUT2D eigenvalue weighted by Crippen LogP contribution is -2.35. The molecule has 1 aromatic heterocycles. The molecule has 2 amide bonds. The molecule has 2 N–H and O–H groups in total. The molecular weight excluding hydrogens is 454 g/mol. The van der Waals surface area contributed by atoms with Crippen LogP contribution in [0.5, 0.6) is 0 Å². The molecule has 0 unspecified atom stereocenters. The number of rotatable bonds is 9. The summed E-state index contributed by atoms with van der Waals surface area (Å²) in [6, 6.07) is 16.2. The largest absolute Gasteiger partial charge is 0.480 e. The van der Waals surface area contributed by atoms with Gasteiger partial charge in [0.05, 0.1) is 12.7 Å². The third-order valence-corrected chi connectivity index (χ3v) is 6.58. The first-order chi connectivity index (χ1) is 16.5. The van der Waals surface area contributed by atoms with Gasteiger partial charge in [-0.3, -0.25) is 9.59 Å². The van der Waals surface area contributed by atoms with Crippen LogP contribution in [0, 0.1) is 0 Å². The highest BCUT2D eigenvalue weighted by atomic mass is 32.1. The number of carbonyl (C=O) groups excluding carboxylic acids is 2. The van der Waals surface area contributed by atoms with Gasteiger partial charge >= 0.3 is 12.1 Å². The molecule has 176 valence electrons. The van der Waals surface area contributed by atoms with Crippen LogP contribution in [-0.2, 0) is 16.1 Å². The SMILES string of the molecule is CCCN(CC(=O)O)C(=O)c1cnc(CNC(=O)OCC2c3ccccc3-c3ccccc32)s1. The van der Waals surface area contributed by atoms with Crippen molar-refractivity contribution < 1.29 is 24.2 Å². The van der Waals surface area contributed by atoms with Crippen molar-refractivity contribution in [3.8, 4) is 11.1 Å². The van der Waals surface area contributed by atoms with Gasteiger partial charge in [-0.05, 0) is 28.7 Å². The predicted octanol–water partition coefficient (Wildman–Crippen LogP) is 4.12. The van der Waals surface area contributed by atoms with Gasteiger partial charge in [0.2, 0.25) is 0 Å². The number of carboxylic acids is 1. The molecule has 3 aromatic rings. The van der Waals surface area contributed by atoms with Crippen LogP contribution < -0.4 is 5.32 Å². The van der Waals surface area contributed by atoms with Crippen molar-refractivity contribution in [1.29, 1.82) is 0 Å². The smallest absolute Gasteiger partial charge is 0.407 e. The molecule has 1 aliphatic rings. The van der Waals surface area contributed by atoms with E-state index in [0.717, 1.165) is 33.6 Å². The number of carboxylic acid groups (broad SMARTS) is 1. The van der Waals surface area contributed by atoms with Crippen molar-refractivity contribution in [3.05, 3.63) is 75.7 Å². The van der Waals surface area contributed by atoms with Gasteiger partial charge in [-0.1, -0.05) is 55.5 Å². The van der Waals surface area contributed by atoms with Crippen molar-refractivity contribution >= 4 is 29.3 Å². The van der Waals surface area contributed by atoms with Gasteiger partial charge < -0.3 is 20.1 Å². The quantitative estimate of drug-likeness (QED) is 0.478. The molecule has 0 spiro atoms. The Kier molecular flexibility index (Phi) is 7.22. The number of aliphatic carboxylic acids is 1. The predicted molar refractivity (Wildman–Crippen MR) is 128 cm³/mol. The molecule has 0 atom stereocenters. The van der Waals surface area contributed by atoms with Gasteiger partial charge in [0.25, 0.3) is 5.91 Å². The molecule has 2 aromatic carbocycles. The number of nitrogens with zero attached hydrogens (tertiary/aromatic N) is 2. The summed E-state index contributed by atoms with van der Waals surface area (Å²) >= 11 is 1.12. The van der Waals surface area contributed by atoms with E-state index in [-0.39, 0.29) is 31.5 Å². The van der Waals surface area contributed by atoms with E-state index >= 15 is 0 Å². The number of hydrogen-bond acceptors (Lipinski definition) is 6. The minimum Gasteiger partial charge on any atom is -0.480 e. The number of ether oxygens (including phenoxy) is 1. The molecule has 0 saturated heterocycles. The van der Waals surface area contributed by atoms with Gasteiger partial charge in [0, 0.05) is 12.5 Å². The van der Waals surface area contributed by atoms with E-state index in [1.807, 2.05) is 31.2 Å². The highest BCUT2D eigenvalue weighted by Crippen LogP contribution is 2.44. The van der Waals surface area contributed by atoms with Gasteiger partial charge in [-0.2, -0.15) is 0 Å². The third-order valence-electron chi connectivity index (χ3n) is 5.60. The van der Waals surface area contributed by atoms with Gasteiger partial charge in [0.1, 0.15) is 23.0 Å². The molecule has 9 heteroatoms. The minimum atomic E-state index is -1.07. The van der Waals surface area contributed by atoms with E-state index in [1.165, 1.54) is 11.1 Å². The molecule has 8 nitrogen and oxygen atoms in total. The number of fused-ring (bicyclic) bond motifs is 3. The summed E-state index contributed by atoms with van der Waals surface area (Å²) in [6.07, 6.45) is 1.49. The molecule has 0 bridgehead atoms. The van der Waals surface area contributed by atoms with Gasteiger partial charge in [0.15, 0.2) is 0 Å². The molecule has 1 heterocycles. The average molecular weight is 480 g/mol. The summed E-state index contributed by atoms with van der Waals surface area (Å²) in [5.74, 6) is -1.47. The molecular formula is C25H25N3O5S. The lowest BCUT2D eigenvalue weighted by Gasteiger charge is -2.18. The van der Waals surface area contributed by atoms with Crippen LogP contribution in [0.25, 0.3) is 11.1 Å². The summed E-state index contributed by atoms with van der Waals surface area (Å²) in [5, 5.41) is 12.2. The van der Waals surface area contributed by atoms with Crippen LogP contribution >= 0.6 is 11.3 Å². The van der Waals surface area contributed by atoms with Crippen molar-refractivity contribution in [2.45, 2.75) is 25.8 Å². The molecule has 1 aliphatic carbocycles. The maximum absolute atomic E-state index is 12.6. The summed E-state index contributed by atoms with van der Waals surface area (Å²) in [5.41, 5.74) is 4.59. The second kappa shape index (κ2) is 10.5. The van der Waals surface area contributed by atoms with Crippen LogP contribution in [0.15, 0.2) is 54.7 Å². The number of aromatic nitrogens is 1. The Morgan fingerprint density at radius 3 is 2.35 bits per heavy atom. The first-order valence-corrected chi connectivity index (χ1v) is 11.8. The Bertz CT molecular complexity index is 1160. The zero-order valence-corrected chi connectivity index (χ0v) is 19.5. The van der Waals surface area contributed by atoms with Crippen molar-refractivity contribution in [2.24, 2.45) is 0 Å². The van der Waals surface area contributed by atoms with Crippen molar-refractivity contribution in [1.82, 2.24) is 15.2 Å². The van der Waals surface area contributed by atoms with E-state index in [9.17, 15) is 14.4 Å². The Labute approximate surface area is 201 Å². The first-order valence-electron chi connectivity index (χ1n) is 11.0. The number of amides is 2. The van der Waals surface area contributed by atoms with Crippen molar-refractivity contribution in [3.63, 3.8) is 0 Å². The Hall–Kier alpha value is -3.72. The number of benzene rings is 2. The summed E-state index contributed by atoms with van der Waals surface area (Å²) in [7, 11) is 0. The van der Waals surface area contributed by atoms with Crippen molar-refractivity contribution in [2.75, 3.05) is 19.7 Å². The van der Waals surface area contributed by atoms with Crippen LogP contribution in [0.2, 0.25) is 0 Å². The number of hydrogen-bond donors (Lipinski definition) is 2. The second-order valence-electron chi connectivity index (χ2n) is 7.92. The van der Waals surface area contributed by atoms with E-state index < -0.39 is 12.1 Å². The maximum Gasteiger partial charge on any atom is 0.407 e. The first kappa shape index (κ1) is 23.4. The fraction of sp³-hybridized carbons (Fsp3) is 0.280. The third kappa shape index (κ3) is 5.09. The van der Waals surface area contributed by atoms with Crippen LogP contribution in [-0.4, -0.2) is 52.7 Å². The number of nitrogens with one attached hydrogen (secondary N) is 1. The van der Waals surface area contributed by atoms with E-state index in [2.05, 4.69) is 34.6 Å². The van der Waals surface area contributed by atoms with Gasteiger partial charge in [-0.15, -0.1) is 11.3 Å². The Morgan fingerprint density at radius 2 is 1.74 bits per heavy atom. The topological polar surface area (TPSA) is 109 Å². The zero-order valence-electron chi connectivity index (χ0n) is 18.7. The fourth-order valence-electron chi connectivity index (χ4n) is 4.13. The number of alkyl carbamates (subject to hydrolysis) is 1. The highest BCUT2D eigenvalue weighted by molar-refractivity contribution is 7.13. The Balaban J connectivity index is 1.33. The standard InChI is InChI=1S/C25H25N3O5S/c1-2-11-28(14-23(29)30)24(31)21-12-26-22(34-21)13-27-25(32)33-15-20-18-9-5-3-7-16(18)17-8-4-6-10-19(17)20/h3-10,12,20H,2,11,13-15H2,1H3,(H,27,32)(H,29,30). The average Bonchev–Trinajstić information content (AvgIpc) is 3.43. The minimum absolute atomic E-state index is 0.0268.